The molecule has 0 bridgehead atoms. The highest BCUT2D eigenvalue weighted by Crippen LogP contribution is 2.17. The summed E-state index contributed by atoms with van der Waals surface area (Å²) in [7, 11) is 0. The molecular weight excluding hydrogens is 198 g/mol. The molecule has 0 radical (unpaired) electrons. The number of hydrogen-bond acceptors (Lipinski definition) is 4. The minimum Gasteiger partial charge on any atom is -0.387 e. The number of aliphatic hydroxyl groups excluding tert-OH is 1. The van der Waals surface area contributed by atoms with E-state index in [1.807, 2.05) is 16.8 Å². The van der Waals surface area contributed by atoms with E-state index in [2.05, 4.69) is 4.90 Å². The number of rotatable bonds is 3. The Balaban J connectivity index is 1.84. The van der Waals surface area contributed by atoms with Crippen LogP contribution in [0.3, 0.4) is 0 Å². The van der Waals surface area contributed by atoms with Gasteiger partial charge in [0.05, 0.1) is 19.3 Å². The second kappa shape index (κ2) is 4.89. The minimum absolute atomic E-state index is 0.348. The molecule has 4 heteroatoms. The SMILES string of the molecule is OC(CN1CCOCC1)c1ccsc1. The van der Waals surface area contributed by atoms with Gasteiger partial charge in [0, 0.05) is 19.6 Å². The number of ether oxygens (including phenoxy) is 1. The molecule has 0 aliphatic carbocycles. The van der Waals surface area contributed by atoms with Crippen molar-refractivity contribution in [3.63, 3.8) is 0 Å². The molecule has 1 aromatic heterocycles. The van der Waals surface area contributed by atoms with Crippen LogP contribution in [-0.2, 0) is 4.74 Å². The maximum absolute atomic E-state index is 9.89. The third-order valence-corrected chi connectivity index (χ3v) is 3.16. The Morgan fingerprint density at radius 1 is 1.50 bits per heavy atom. The van der Waals surface area contributed by atoms with Crippen molar-refractivity contribution < 1.29 is 9.84 Å². The van der Waals surface area contributed by atoms with E-state index in [9.17, 15) is 5.11 Å². The quantitative estimate of drug-likeness (QED) is 0.816. The molecule has 2 heterocycles. The lowest BCUT2D eigenvalue weighted by atomic mass is 10.2. The van der Waals surface area contributed by atoms with E-state index in [1.54, 1.807) is 11.3 Å². The van der Waals surface area contributed by atoms with E-state index in [0.717, 1.165) is 38.4 Å². The fourth-order valence-corrected chi connectivity index (χ4v) is 2.31. The van der Waals surface area contributed by atoms with Crippen molar-refractivity contribution in [1.29, 1.82) is 0 Å². The topological polar surface area (TPSA) is 32.7 Å². The van der Waals surface area contributed by atoms with Crippen LogP contribution in [0.4, 0.5) is 0 Å². The summed E-state index contributed by atoms with van der Waals surface area (Å²) in [6, 6.07) is 1.98. The van der Waals surface area contributed by atoms with Gasteiger partial charge in [-0.3, -0.25) is 4.90 Å². The minimum atomic E-state index is -0.348. The van der Waals surface area contributed by atoms with Crippen molar-refractivity contribution in [3.05, 3.63) is 22.4 Å². The van der Waals surface area contributed by atoms with Crippen LogP contribution in [0.25, 0.3) is 0 Å². The monoisotopic (exact) mass is 213 g/mol. The van der Waals surface area contributed by atoms with Crippen LogP contribution in [0.15, 0.2) is 16.8 Å². The van der Waals surface area contributed by atoms with Crippen LogP contribution >= 0.6 is 11.3 Å². The predicted molar refractivity (Wildman–Crippen MR) is 56.5 cm³/mol. The average Bonchev–Trinajstić information content (AvgIpc) is 2.72. The van der Waals surface area contributed by atoms with Crippen LogP contribution in [-0.4, -0.2) is 42.9 Å². The fraction of sp³-hybridized carbons (Fsp3) is 0.600. The molecule has 1 saturated heterocycles. The van der Waals surface area contributed by atoms with Crippen molar-refractivity contribution in [2.45, 2.75) is 6.10 Å². The Bertz CT molecular complexity index is 257. The molecule has 0 saturated carbocycles. The van der Waals surface area contributed by atoms with E-state index in [1.165, 1.54) is 0 Å². The molecule has 0 aromatic carbocycles. The number of β-amino-alcohol motifs (C(OH)–C–C–N with tert-alkyl or cyclic N) is 1. The van der Waals surface area contributed by atoms with Crippen LogP contribution in [0, 0.1) is 0 Å². The van der Waals surface area contributed by atoms with E-state index >= 15 is 0 Å². The summed E-state index contributed by atoms with van der Waals surface area (Å²) in [5.74, 6) is 0. The molecule has 1 unspecified atom stereocenters. The number of thiophene rings is 1. The average molecular weight is 213 g/mol. The summed E-state index contributed by atoms with van der Waals surface area (Å²) in [5, 5.41) is 13.9. The summed E-state index contributed by atoms with van der Waals surface area (Å²) in [6.07, 6.45) is -0.348. The smallest absolute Gasteiger partial charge is 0.0924 e. The number of hydrogen-bond donors (Lipinski definition) is 1. The van der Waals surface area contributed by atoms with E-state index in [4.69, 9.17) is 4.74 Å². The molecular formula is C10H15NO2S. The lowest BCUT2D eigenvalue weighted by Gasteiger charge is -2.28. The van der Waals surface area contributed by atoms with Gasteiger partial charge in [-0.25, -0.2) is 0 Å². The lowest BCUT2D eigenvalue weighted by molar-refractivity contribution is 0.0144. The Hall–Kier alpha value is -0.420. The Morgan fingerprint density at radius 2 is 2.29 bits per heavy atom. The second-order valence-corrected chi connectivity index (χ2v) is 4.27. The van der Waals surface area contributed by atoms with Gasteiger partial charge >= 0.3 is 0 Å². The maximum atomic E-state index is 9.89. The number of morpholine rings is 1. The number of nitrogens with zero attached hydrogens (tertiary/aromatic N) is 1. The standard InChI is InChI=1S/C10H15NO2S/c12-10(9-1-6-14-8-9)7-11-2-4-13-5-3-11/h1,6,8,10,12H,2-5,7H2. The maximum Gasteiger partial charge on any atom is 0.0924 e. The van der Waals surface area contributed by atoms with E-state index < -0.39 is 0 Å². The van der Waals surface area contributed by atoms with Gasteiger partial charge < -0.3 is 9.84 Å². The van der Waals surface area contributed by atoms with Crippen LogP contribution < -0.4 is 0 Å². The summed E-state index contributed by atoms with van der Waals surface area (Å²) in [4.78, 5) is 2.24. The first kappa shape index (κ1) is 10.1. The summed E-state index contributed by atoms with van der Waals surface area (Å²) >= 11 is 1.63. The van der Waals surface area contributed by atoms with Gasteiger partial charge in [-0.1, -0.05) is 0 Å². The molecule has 3 nitrogen and oxygen atoms in total. The van der Waals surface area contributed by atoms with Crippen LogP contribution in [0.2, 0.25) is 0 Å². The normalized spacial score (nSPS) is 20.9. The van der Waals surface area contributed by atoms with Gasteiger partial charge in [-0.05, 0) is 22.4 Å². The first-order valence-electron chi connectivity index (χ1n) is 4.86. The molecule has 0 amide bonds. The molecule has 2 rings (SSSR count). The summed E-state index contributed by atoms with van der Waals surface area (Å²) < 4.78 is 5.25. The van der Waals surface area contributed by atoms with Gasteiger partial charge in [0.25, 0.3) is 0 Å². The molecule has 0 spiro atoms. The first-order chi connectivity index (χ1) is 6.86. The molecule has 1 aromatic rings. The van der Waals surface area contributed by atoms with Crippen LogP contribution in [0.1, 0.15) is 11.7 Å². The Morgan fingerprint density at radius 3 is 2.93 bits per heavy atom. The molecule has 14 heavy (non-hydrogen) atoms. The van der Waals surface area contributed by atoms with Gasteiger partial charge in [-0.2, -0.15) is 11.3 Å². The lowest BCUT2D eigenvalue weighted by Crippen LogP contribution is -2.38. The largest absolute Gasteiger partial charge is 0.387 e. The molecule has 1 N–H and O–H groups in total. The van der Waals surface area contributed by atoms with Crippen LogP contribution in [0.5, 0.6) is 0 Å². The molecule has 1 fully saturated rings. The van der Waals surface area contributed by atoms with E-state index in [-0.39, 0.29) is 6.10 Å². The summed E-state index contributed by atoms with van der Waals surface area (Å²) in [5.41, 5.74) is 1.03. The van der Waals surface area contributed by atoms with Crippen molar-refractivity contribution >= 4 is 11.3 Å². The second-order valence-electron chi connectivity index (χ2n) is 3.49. The zero-order valence-electron chi connectivity index (χ0n) is 8.06. The molecule has 1 atom stereocenters. The van der Waals surface area contributed by atoms with Gasteiger partial charge in [0.15, 0.2) is 0 Å². The highest BCUT2D eigenvalue weighted by molar-refractivity contribution is 7.07. The van der Waals surface area contributed by atoms with E-state index in [0.29, 0.717) is 0 Å². The number of aliphatic hydroxyl groups is 1. The Labute approximate surface area is 87.9 Å². The zero-order valence-corrected chi connectivity index (χ0v) is 8.87. The van der Waals surface area contributed by atoms with Crippen molar-refractivity contribution in [1.82, 2.24) is 4.90 Å². The Kier molecular flexibility index (Phi) is 3.53. The fourth-order valence-electron chi connectivity index (χ4n) is 1.60. The highest BCUT2D eigenvalue weighted by Gasteiger charge is 2.15. The molecule has 78 valence electrons. The first-order valence-corrected chi connectivity index (χ1v) is 5.81. The van der Waals surface area contributed by atoms with Crippen molar-refractivity contribution in [2.24, 2.45) is 0 Å². The molecule has 1 aliphatic rings. The predicted octanol–water partition coefficient (Wildman–Crippen LogP) is 1.11. The summed E-state index contributed by atoms with van der Waals surface area (Å²) in [6.45, 7) is 4.16. The zero-order chi connectivity index (χ0) is 9.80. The van der Waals surface area contributed by atoms with Crippen molar-refractivity contribution in [2.75, 3.05) is 32.8 Å². The third-order valence-electron chi connectivity index (χ3n) is 2.46. The molecule has 1 aliphatic heterocycles. The highest BCUT2D eigenvalue weighted by atomic mass is 32.1. The van der Waals surface area contributed by atoms with Gasteiger partial charge in [0.1, 0.15) is 0 Å². The van der Waals surface area contributed by atoms with Gasteiger partial charge in [-0.15, -0.1) is 0 Å². The van der Waals surface area contributed by atoms with Gasteiger partial charge in [0.2, 0.25) is 0 Å². The van der Waals surface area contributed by atoms with Crippen molar-refractivity contribution in [3.8, 4) is 0 Å². The third kappa shape index (κ3) is 2.54.